The molecule has 2 rings (SSSR count). The highest BCUT2D eigenvalue weighted by molar-refractivity contribution is 7.92. The van der Waals surface area contributed by atoms with Crippen LogP contribution in [-0.2, 0) is 26.2 Å². The molecule has 0 aromatic heterocycles. The van der Waals surface area contributed by atoms with Gasteiger partial charge in [0.1, 0.15) is 17.6 Å². The molecule has 8 nitrogen and oxygen atoms in total. The summed E-state index contributed by atoms with van der Waals surface area (Å²) in [4.78, 5) is 27.0. The topological polar surface area (TPSA) is 96.0 Å². The number of anilines is 1. The van der Waals surface area contributed by atoms with E-state index >= 15 is 0 Å². The standard InChI is InChI=1S/C24H32FN3O5S/c1-5-26-24(30)18(2)27(17-19-8-10-20(25)11-9-19)23(29)7-6-16-28(34(4,31)32)21-12-14-22(33-3)15-13-21/h8-15,18H,5-7,16-17H2,1-4H3,(H,26,30)/t18-/m1/s1. The van der Waals surface area contributed by atoms with Crippen LogP contribution in [-0.4, -0.2) is 57.6 Å². The number of nitrogens with zero attached hydrogens (tertiary/aromatic N) is 2. The van der Waals surface area contributed by atoms with Gasteiger partial charge >= 0.3 is 0 Å². The van der Waals surface area contributed by atoms with E-state index in [1.54, 1.807) is 50.2 Å². The first-order valence-electron chi connectivity index (χ1n) is 11.0. The Balaban J connectivity index is 2.13. The minimum Gasteiger partial charge on any atom is -0.497 e. The molecule has 10 heteroatoms. The molecule has 0 bridgehead atoms. The molecule has 0 heterocycles. The molecular weight excluding hydrogens is 461 g/mol. The highest BCUT2D eigenvalue weighted by Gasteiger charge is 2.26. The monoisotopic (exact) mass is 493 g/mol. The molecule has 2 amide bonds. The highest BCUT2D eigenvalue weighted by Crippen LogP contribution is 2.22. The Labute approximate surface area is 200 Å². The number of carbonyl (C=O) groups is 2. The van der Waals surface area contributed by atoms with Crippen molar-refractivity contribution in [1.29, 1.82) is 0 Å². The smallest absolute Gasteiger partial charge is 0.242 e. The summed E-state index contributed by atoms with van der Waals surface area (Å²) in [5.41, 5.74) is 1.15. The van der Waals surface area contributed by atoms with E-state index in [0.717, 1.165) is 6.26 Å². The summed E-state index contributed by atoms with van der Waals surface area (Å²) in [5.74, 6) is -0.388. The fourth-order valence-electron chi connectivity index (χ4n) is 3.44. The molecule has 0 unspecified atom stereocenters. The number of nitrogens with one attached hydrogen (secondary N) is 1. The third kappa shape index (κ3) is 7.72. The van der Waals surface area contributed by atoms with Crippen LogP contribution in [0.1, 0.15) is 32.3 Å². The average Bonchev–Trinajstić information content (AvgIpc) is 2.80. The molecule has 0 radical (unpaired) electrons. The number of ether oxygens (including phenoxy) is 1. The van der Waals surface area contributed by atoms with Crippen molar-refractivity contribution in [3.63, 3.8) is 0 Å². The van der Waals surface area contributed by atoms with Crippen LogP contribution in [0, 0.1) is 5.82 Å². The average molecular weight is 494 g/mol. The number of rotatable bonds is 12. The summed E-state index contributed by atoms with van der Waals surface area (Å²) in [6.07, 6.45) is 1.39. The van der Waals surface area contributed by atoms with Gasteiger partial charge in [0.05, 0.1) is 19.1 Å². The van der Waals surface area contributed by atoms with Crippen molar-refractivity contribution >= 4 is 27.5 Å². The minimum atomic E-state index is -3.58. The number of benzene rings is 2. The van der Waals surface area contributed by atoms with Gasteiger partial charge in [0.2, 0.25) is 21.8 Å². The lowest BCUT2D eigenvalue weighted by molar-refractivity contribution is -0.140. The number of carbonyl (C=O) groups excluding carboxylic acids is 2. The molecule has 0 aliphatic rings. The lowest BCUT2D eigenvalue weighted by atomic mass is 10.1. The van der Waals surface area contributed by atoms with E-state index in [0.29, 0.717) is 23.5 Å². The Morgan fingerprint density at radius 3 is 2.24 bits per heavy atom. The van der Waals surface area contributed by atoms with Crippen LogP contribution in [0.15, 0.2) is 48.5 Å². The zero-order chi connectivity index (χ0) is 25.3. The Morgan fingerprint density at radius 2 is 1.71 bits per heavy atom. The Bertz CT molecular complexity index is 1060. The van der Waals surface area contributed by atoms with Crippen LogP contribution in [0.4, 0.5) is 10.1 Å². The first-order chi connectivity index (χ1) is 16.1. The van der Waals surface area contributed by atoms with Crippen LogP contribution in [0.3, 0.4) is 0 Å². The van der Waals surface area contributed by atoms with Gasteiger partial charge in [-0.1, -0.05) is 12.1 Å². The van der Waals surface area contributed by atoms with Gasteiger partial charge in [-0.3, -0.25) is 13.9 Å². The second-order valence-electron chi connectivity index (χ2n) is 7.86. The van der Waals surface area contributed by atoms with Crippen LogP contribution < -0.4 is 14.4 Å². The summed E-state index contributed by atoms with van der Waals surface area (Å²) in [5, 5.41) is 2.71. The first-order valence-corrected chi connectivity index (χ1v) is 12.8. The quantitative estimate of drug-likeness (QED) is 0.491. The Morgan fingerprint density at radius 1 is 1.09 bits per heavy atom. The Hall–Kier alpha value is -3.14. The third-order valence-electron chi connectivity index (χ3n) is 5.30. The molecule has 0 spiro atoms. The number of amides is 2. The molecule has 0 saturated heterocycles. The molecule has 34 heavy (non-hydrogen) atoms. The van der Waals surface area contributed by atoms with Crippen LogP contribution in [0.2, 0.25) is 0 Å². The molecule has 2 aromatic carbocycles. The predicted molar refractivity (Wildman–Crippen MR) is 130 cm³/mol. The molecule has 1 N–H and O–H groups in total. The van der Waals surface area contributed by atoms with Gasteiger partial charge in [0, 0.05) is 26.1 Å². The maximum absolute atomic E-state index is 13.3. The summed E-state index contributed by atoms with van der Waals surface area (Å²) in [6, 6.07) is 11.6. The van der Waals surface area contributed by atoms with Gasteiger partial charge < -0.3 is 15.0 Å². The zero-order valence-electron chi connectivity index (χ0n) is 20.0. The van der Waals surface area contributed by atoms with E-state index in [1.165, 1.54) is 28.4 Å². The Kier molecular flexibility index (Phi) is 9.85. The summed E-state index contributed by atoms with van der Waals surface area (Å²) >= 11 is 0. The number of halogens is 1. The normalized spacial score (nSPS) is 12.0. The summed E-state index contributed by atoms with van der Waals surface area (Å²) in [6.45, 7) is 4.07. The molecule has 0 saturated carbocycles. The molecule has 0 aliphatic carbocycles. The number of likely N-dealkylation sites (N-methyl/N-ethyl adjacent to an activating group) is 1. The SMILES string of the molecule is CCNC(=O)[C@@H](C)N(Cc1ccc(F)cc1)C(=O)CCCN(c1ccc(OC)cc1)S(C)(=O)=O. The predicted octanol–water partition coefficient (Wildman–Crippen LogP) is 2.93. The van der Waals surface area contributed by atoms with Crippen molar-refractivity contribution < 1.29 is 27.1 Å². The number of methoxy groups -OCH3 is 1. The lowest BCUT2D eigenvalue weighted by Gasteiger charge is -2.29. The fraction of sp³-hybridized carbons (Fsp3) is 0.417. The number of hydrogen-bond acceptors (Lipinski definition) is 5. The minimum absolute atomic E-state index is 0.0348. The van der Waals surface area contributed by atoms with Gasteiger partial charge in [-0.2, -0.15) is 0 Å². The molecule has 0 fully saturated rings. The van der Waals surface area contributed by atoms with Crippen molar-refractivity contribution in [3.8, 4) is 5.75 Å². The molecule has 2 aromatic rings. The maximum Gasteiger partial charge on any atom is 0.242 e. The second-order valence-corrected chi connectivity index (χ2v) is 9.76. The number of sulfonamides is 1. The van der Waals surface area contributed by atoms with Crippen molar-refractivity contribution in [2.75, 3.05) is 30.8 Å². The van der Waals surface area contributed by atoms with Crippen molar-refractivity contribution in [3.05, 3.63) is 59.9 Å². The van der Waals surface area contributed by atoms with Gasteiger partial charge in [-0.25, -0.2) is 12.8 Å². The van der Waals surface area contributed by atoms with Crippen LogP contribution >= 0.6 is 0 Å². The van der Waals surface area contributed by atoms with E-state index in [1.807, 2.05) is 0 Å². The molecule has 0 aliphatic heterocycles. The van der Waals surface area contributed by atoms with Crippen molar-refractivity contribution in [2.24, 2.45) is 0 Å². The second kappa shape index (κ2) is 12.4. The van der Waals surface area contributed by atoms with Gasteiger partial charge in [0.25, 0.3) is 0 Å². The van der Waals surface area contributed by atoms with Crippen LogP contribution in [0.25, 0.3) is 0 Å². The molecule has 186 valence electrons. The summed E-state index contributed by atoms with van der Waals surface area (Å²) in [7, 11) is -2.06. The fourth-order valence-corrected chi connectivity index (χ4v) is 4.41. The molecular formula is C24H32FN3O5S. The van der Waals surface area contributed by atoms with E-state index < -0.39 is 21.9 Å². The zero-order valence-corrected chi connectivity index (χ0v) is 20.8. The largest absolute Gasteiger partial charge is 0.497 e. The van der Waals surface area contributed by atoms with E-state index in [-0.39, 0.29) is 37.7 Å². The summed E-state index contributed by atoms with van der Waals surface area (Å²) < 4.78 is 44.3. The van der Waals surface area contributed by atoms with Crippen LogP contribution in [0.5, 0.6) is 5.75 Å². The lowest BCUT2D eigenvalue weighted by Crippen LogP contribution is -2.47. The van der Waals surface area contributed by atoms with E-state index in [9.17, 15) is 22.4 Å². The van der Waals surface area contributed by atoms with Gasteiger partial charge in [-0.15, -0.1) is 0 Å². The maximum atomic E-state index is 13.3. The van der Waals surface area contributed by atoms with Crippen molar-refractivity contribution in [1.82, 2.24) is 10.2 Å². The van der Waals surface area contributed by atoms with E-state index in [4.69, 9.17) is 4.74 Å². The number of hydrogen-bond donors (Lipinski definition) is 1. The van der Waals surface area contributed by atoms with E-state index in [2.05, 4.69) is 5.32 Å². The molecule has 1 atom stereocenters. The first kappa shape index (κ1) is 27.1. The van der Waals surface area contributed by atoms with Gasteiger partial charge in [0.15, 0.2) is 0 Å². The van der Waals surface area contributed by atoms with Crippen molar-refractivity contribution in [2.45, 2.75) is 39.3 Å². The third-order valence-corrected chi connectivity index (χ3v) is 6.49. The van der Waals surface area contributed by atoms with Gasteiger partial charge in [-0.05, 0) is 62.2 Å². The highest BCUT2D eigenvalue weighted by atomic mass is 32.2.